The first-order chi connectivity index (χ1) is 10.7. The first kappa shape index (κ1) is 14.5. The van der Waals surface area contributed by atoms with Crippen molar-refractivity contribution in [1.29, 1.82) is 0 Å². The van der Waals surface area contributed by atoms with E-state index in [4.69, 9.17) is 0 Å². The first-order valence-electron chi connectivity index (χ1n) is 7.30. The van der Waals surface area contributed by atoms with Crippen molar-refractivity contribution in [1.82, 2.24) is 25.1 Å². The monoisotopic (exact) mass is 301 g/mol. The molecule has 0 bridgehead atoms. The zero-order chi connectivity index (χ0) is 15.4. The van der Waals surface area contributed by atoms with Gasteiger partial charge in [0.15, 0.2) is 0 Å². The van der Waals surface area contributed by atoms with Gasteiger partial charge in [-0.3, -0.25) is 9.69 Å². The highest BCUT2D eigenvalue weighted by atomic mass is 16.2. The quantitative estimate of drug-likeness (QED) is 0.847. The minimum atomic E-state index is -0.195. The summed E-state index contributed by atoms with van der Waals surface area (Å²) in [6.07, 6.45) is 3.17. The molecule has 0 aliphatic carbocycles. The van der Waals surface area contributed by atoms with Crippen LogP contribution in [0.25, 0.3) is 0 Å². The van der Waals surface area contributed by atoms with Gasteiger partial charge in [-0.2, -0.15) is 10.1 Å². The molecule has 8 heteroatoms. The Morgan fingerprint density at radius 1 is 1.27 bits per heavy atom. The van der Waals surface area contributed by atoms with Crippen LogP contribution in [0.1, 0.15) is 6.92 Å². The van der Waals surface area contributed by atoms with Gasteiger partial charge in [0, 0.05) is 32.4 Å². The Morgan fingerprint density at radius 3 is 2.73 bits per heavy atom. The standard InChI is InChI=1S/C14H19N7O/c1-11(13(22)18-12-4-2-3-5-15-12)20-6-8-21(9-7-20)14-16-10-17-19-14/h2-5,10-11H,6-9H2,1H3,(H,15,18,22)(H,16,17,19). The maximum absolute atomic E-state index is 12.3. The van der Waals surface area contributed by atoms with Gasteiger partial charge in [-0.1, -0.05) is 6.07 Å². The minimum absolute atomic E-state index is 0.0354. The largest absolute Gasteiger partial charge is 0.339 e. The van der Waals surface area contributed by atoms with E-state index < -0.39 is 0 Å². The Hall–Kier alpha value is -2.48. The van der Waals surface area contributed by atoms with Crippen molar-refractivity contribution in [2.75, 3.05) is 36.4 Å². The third kappa shape index (κ3) is 3.22. The van der Waals surface area contributed by atoms with Gasteiger partial charge in [0.25, 0.3) is 0 Å². The predicted molar refractivity (Wildman–Crippen MR) is 82.5 cm³/mol. The zero-order valence-corrected chi connectivity index (χ0v) is 12.4. The number of hydrogen-bond donors (Lipinski definition) is 2. The second kappa shape index (κ2) is 6.52. The summed E-state index contributed by atoms with van der Waals surface area (Å²) in [7, 11) is 0. The Kier molecular flexibility index (Phi) is 4.29. The Balaban J connectivity index is 1.53. The van der Waals surface area contributed by atoms with Crippen LogP contribution >= 0.6 is 0 Å². The molecule has 2 aromatic heterocycles. The molecule has 8 nitrogen and oxygen atoms in total. The van der Waals surface area contributed by atoms with Crippen LogP contribution in [0, 0.1) is 0 Å². The van der Waals surface area contributed by atoms with E-state index in [9.17, 15) is 4.79 Å². The molecular formula is C14H19N7O. The topological polar surface area (TPSA) is 90.0 Å². The fourth-order valence-corrected chi connectivity index (χ4v) is 2.51. The van der Waals surface area contributed by atoms with Gasteiger partial charge in [-0.05, 0) is 19.1 Å². The van der Waals surface area contributed by atoms with Crippen LogP contribution in [0.5, 0.6) is 0 Å². The molecule has 3 heterocycles. The molecule has 3 rings (SSSR count). The minimum Gasteiger partial charge on any atom is -0.339 e. The van der Waals surface area contributed by atoms with Crippen molar-refractivity contribution in [3.63, 3.8) is 0 Å². The van der Waals surface area contributed by atoms with Gasteiger partial charge in [0.1, 0.15) is 12.1 Å². The zero-order valence-electron chi connectivity index (χ0n) is 12.4. The summed E-state index contributed by atoms with van der Waals surface area (Å²) in [5.74, 6) is 1.33. The molecule has 1 atom stereocenters. The number of carbonyl (C=O) groups is 1. The molecule has 22 heavy (non-hydrogen) atoms. The van der Waals surface area contributed by atoms with Crippen LogP contribution < -0.4 is 10.2 Å². The fraction of sp³-hybridized carbons (Fsp3) is 0.429. The SMILES string of the molecule is CC(C(=O)Nc1ccccn1)N1CCN(c2ncn[nH]2)CC1. The number of anilines is 2. The number of aromatic nitrogens is 4. The summed E-state index contributed by atoms with van der Waals surface area (Å²) in [6, 6.07) is 5.26. The van der Waals surface area contributed by atoms with E-state index in [2.05, 4.69) is 35.3 Å². The van der Waals surface area contributed by atoms with Crippen LogP contribution in [0.3, 0.4) is 0 Å². The molecule has 1 aliphatic heterocycles. The van der Waals surface area contributed by atoms with Crippen molar-refractivity contribution in [2.45, 2.75) is 13.0 Å². The number of carbonyl (C=O) groups excluding carboxylic acids is 1. The molecule has 1 fully saturated rings. The van der Waals surface area contributed by atoms with Crippen molar-refractivity contribution < 1.29 is 4.79 Å². The maximum Gasteiger partial charge on any atom is 0.242 e. The highest BCUT2D eigenvalue weighted by molar-refractivity contribution is 5.93. The highest BCUT2D eigenvalue weighted by Crippen LogP contribution is 2.12. The first-order valence-corrected chi connectivity index (χ1v) is 7.30. The van der Waals surface area contributed by atoms with Crippen LogP contribution in [0.4, 0.5) is 11.8 Å². The summed E-state index contributed by atoms with van der Waals surface area (Å²) in [4.78, 5) is 24.8. The van der Waals surface area contributed by atoms with Crippen LogP contribution in [0.2, 0.25) is 0 Å². The van der Waals surface area contributed by atoms with Gasteiger partial charge in [0.2, 0.25) is 11.9 Å². The summed E-state index contributed by atoms with van der Waals surface area (Å²) >= 11 is 0. The second-order valence-electron chi connectivity index (χ2n) is 5.21. The molecule has 1 unspecified atom stereocenters. The molecule has 1 amide bonds. The summed E-state index contributed by atoms with van der Waals surface area (Å²) in [5.41, 5.74) is 0. The third-order valence-corrected chi connectivity index (χ3v) is 3.86. The Labute approximate surface area is 128 Å². The summed E-state index contributed by atoms with van der Waals surface area (Å²) < 4.78 is 0. The van der Waals surface area contributed by atoms with E-state index in [0.29, 0.717) is 5.82 Å². The number of nitrogens with one attached hydrogen (secondary N) is 2. The van der Waals surface area contributed by atoms with Crippen molar-refractivity contribution in [3.05, 3.63) is 30.7 Å². The average molecular weight is 301 g/mol. The smallest absolute Gasteiger partial charge is 0.242 e. The molecule has 0 aromatic carbocycles. The molecule has 1 saturated heterocycles. The van der Waals surface area contributed by atoms with Crippen molar-refractivity contribution in [2.24, 2.45) is 0 Å². The number of pyridine rings is 1. The number of piperazine rings is 1. The number of H-pyrrole nitrogens is 1. The van der Waals surface area contributed by atoms with E-state index in [1.807, 2.05) is 19.1 Å². The lowest BCUT2D eigenvalue weighted by molar-refractivity contribution is -0.120. The summed E-state index contributed by atoms with van der Waals surface area (Å²) in [5, 5.41) is 9.57. The van der Waals surface area contributed by atoms with Crippen LogP contribution in [0.15, 0.2) is 30.7 Å². The molecule has 2 aromatic rings. The van der Waals surface area contributed by atoms with Gasteiger partial charge >= 0.3 is 0 Å². The van der Waals surface area contributed by atoms with E-state index >= 15 is 0 Å². The third-order valence-electron chi connectivity index (χ3n) is 3.86. The highest BCUT2D eigenvalue weighted by Gasteiger charge is 2.26. The second-order valence-corrected chi connectivity index (χ2v) is 5.21. The Bertz CT molecular complexity index is 593. The molecule has 2 N–H and O–H groups in total. The van der Waals surface area contributed by atoms with Crippen molar-refractivity contribution in [3.8, 4) is 0 Å². The number of nitrogens with zero attached hydrogens (tertiary/aromatic N) is 5. The molecule has 1 aliphatic rings. The van der Waals surface area contributed by atoms with Crippen LogP contribution in [-0.2, 0) is 4.79 Å². The lowest BCUT2D eigenvalue weighted by Gasteiger charge is -2.37. The van der Waals surface area contributed by atoms with Gasteiger partial charge in [-0.15, -0.1) is 0 Å². The molecule has 0 spiro atoms. The summed E-state index contributed by atoms with van der Waals surface area (Å²) in [6.45, 7) is 5.16. The van der Waals surface area contributed by atoms with E-state index in [1.54, 1.807) is 12.3 Å². The number of hydrogen-bond acceptors (Lipinski definition) is 6. The fourth-order valence-electron chi connectivity index (χ4n) is 2.51. The van der Waals surface area contributed by atoms with Crippen molar-refractivity contribution >= 4 is 17.7 Å². The number of aromatic amines is 1. The normalized spacial score (nSPS) is 17.2. The van der Waals surface area contributed by atoms with Gasteiger partial charge in [-0.25, -0.2) is 10.1 Å². The molecule has 0 saturated carbocycles. The number of rotatable bonds is 4. The lowest BCUT2D eigenvalue weighted by atomic mass is 10.2. The average Bonchev–Trinajstić information content (AvgIpc) is 3.10. The molecular weight excluding hydrogens is 282 g/mol. The van der Waals surface area contributed by atoms with Crippen LogP contribution in [-0.4, -0.2) is 63.2 Å². The Morgan fingerprint density at radius 2 is 2.09 bits per heavy atom. The number of amides is 1. The van der Waals surface area contributed by atoms with Gasteiger partial charge in [0.05, 0.1) is 6.04 Å². The predicted octanol–water partition coefficient (Wildman–Crippen LogP) is 0.349. The molecule has 116 valence electrons. The maximum atomic E-state index is 12.3. The van der Waals surface area contributed by atoms with E-state index in [0.717, 1.165) is 32.1 Å². The van der Waals surface area contributed by atoms with Gasteiger partial charge < -0.3 is 10.2 Å². The lowest BCUT2D eigenvalue weighted by Crippen LogP contribution is -2.53. The van der Waals surface area contributed by atoms with E-state index in [1.165, 1.54) is 6.33 Å². The van der Waals surface area contributed by atoms with E-state index in [-0.39, 0.29) is 11.9 Å². The molecule has 0 radical (unpaired) electrons.